The third-order valence-electron chi connectivity index (χ3n) is 2.99. The van der Waals surface area contributed by atoms with Crippen LogP contribution in [0.1, 0.15) is 12.8 Å². The Morgan fingerprint density at radius 2 is 1.76 bits per heavy atom. The molecular weight excluding hydrogens is 236 g/mol. The van der Waals surface area contributed by atoms with E-state index in [4.69, 9.17) is 0 Å². The average Bonchev–Trinajstić information content (AvgIpc) is 2.30. The molecule has 0 spiro atoms. The quantitative estimate of drug-likeness (QED) is 0.852. The number of nitrogens with one attached hydrogen (secondary N) is 2. The van der Waals surface area contributed by atoms with Crippen LogP contribution < -0.4 is 10.6 Å². The maximum absolute atomic E-state index is 11.3. The molecule has 0 saturated carbocycles. The summed E-state index contributed by atoms with van der Waals surface area (Å²) in [5, 5.41) is 6.73. The highest BCUT2D eigenvalue weighted by atomic mass is 32.2. The molecule has 0 aromatic heterocycles. The van der Waals surface area contributed by atoms with Crippen LogP contribution in [0.3, 0.4) is 0 Å². The smallest absolute Gasteiger partial charge is 0.175 e. The van der Waals surface area contributed by atoms with Crippen LogP contribution in [0.15, 0.2) is 29.2 Å². The second-order valence-corrected chi connectivity index (χ2v) is 6.48. The minimum atomic E-state index is -3.09. The highest BCUT2D eigenvalue weighted by Crippen LogP contribution is 2.16. The number of hydrogen-bond donors (Lipinski definition) is 2. The van der Waals surface area contributed by atoms with Gasteiger partial charge >= 0.3 is 0 Å². The SMILES string of the molecule is CS(=O)(=O)c1ccc(NC2CCNCC2)cc1. The largest absolute Gasteiger partial charge is 0.382 e. The van der Waals surface area contributed by atoms with E-state index in [1.807, 2.05) is 12.1 Å². The molecule has 1 saturated heterocycles. The summed E-state index contributed by atoms with van der Waals surface area (Å²) in [4.78, 5) is 0.369. The summed E-state index contributed by atoms with van der Waals surface area (Å²) in [5.41, 5.74) is 0.990. The number of rotatable bonds is 3. The third kappa shape index (κ3) is 3.44. The predicted octanol–water partition coefficient (Wildman–Crippen LogP) is 1.25. The molecule has 2 N–H and O–H groups in total. The molecule has 1 aromatic rings. The molecule has 0 aliphatic carbocycles. The Balaban J connectivity index is 2.03. The van der Waals surface area contributed by atoms with Gasteiger partial charge in [-0.05, 0) is 50.2 Å². The molecule has 1 fully saturated rings. The van der Waals surface area contributed by atoms with E-state index in [1.54, 1.807) is 12.1 Å². The van der Waals surface area contributed by atoms with Crippen molar-refractivity contribution in [3.05, 3.63) is 24.3 Å². The van der Waals surface area contributed by atoms with Gasteiger partial charge in [-0.25, -0.2) is 8.42 Å². The monoisotopic (exact) mass is 254 g/mol. The zero-order valence-corrected chi connectivity index (χ0v) is 10.8. The fourth-order valence-corrected chi connectivity index (χ4v) is 2.63. The molecule has 1 aliphatic rings. The Kier molecular flexibility index (Phi) is 3.69. The van der Waals surface area contributed by atoms with Crippen molar-refractivity contribution in [2.24, 2.45) is 0 Å². The maximum Gasteiger partial charge on any atom is 0.175 e. The summed E-state index contributed by atoms with van der Waals surface area (Å²) < 4.78 is 22.6. The first-order chi connectivity index (χ1) is 8.05. The zero-order chi connectivity index (χ0) is 12.3. The van der Waals surface area contributed by atoms with E-state index in [-0.39, 0.29) is 0 Å². The summed E-state index contributed by atoms with van der Waals surface area (Å²) >= 11 is 0. The Labute approximate surface area is 102 Å². The van der Waals surface area contributed by atoms with Gasteiger partial charge in [0, 0.05) is 18.0 Å². The van der Waals surface area contributed by atoms with Crippen molar-refractivity contribution >= 4 is 15.5 Å². The van der Waals surface area contributed by atoms with Crippen LogP contribution in [-0.4, -0.2) is 33.8 Å². The molecule has 0 bridgehead atoms. The molecule has 94 valence electrons. The molecule has 0 unspecified atom stereocenters. The lowest BCUT2D eigenvalue weighted by Gasteiger charge is -2.24. The zero-order valence-electron chi connectivity index (χ0n) is 9.94. The van der Waals surface area contributed by atoms with Crippen LogP contribution in [0.25, 0.3) is 0 Å². The number of hydrogen-bond acceptors (Lipinski definition) is 4. The van der Waals surface area contributed by atoms with Crippen LogP contribution in [0.5, 0.6) is 0 Å². The topological polar surface area (TPSA) is 58.2 Å². The van der Waals surface area contributed by atoms with Gasteiger partial charge in [0.2, 0.25) is 0 Å². The van der Waals surface area contributed by atoms with Crippen molar-refractivity contribution in [1.29, 1.82) is 0 Å². The van der Waals surface area contributed by atoms with Gasteiger partial charge in [0.1, 0.15) is 0 Å². The Morgan fingerprint density at radius 1 is 1.18 bits per heavy atom. The number of anilines is 1. The number of benzene rings is 1. The molecule has 5 heteroatoms. The van der Waals surface area contributed by atoms with Gasteiger partial charge in [0.15, 0.2) is 9.84 Å². The standard InChI is InChI=1S/C12H18N2O2S/c1-17(15,16)12-4-2-10(3-5-12)14-11-6-8-13-9-7-11/h2-5,11,13-14H,6-9H2,1H3. The number of piperidine rings is 1. The third-order valence-corrected chi connectivity index (χ3v) is 4.12. The van der Waals surface area contributed by atoms with Crippen molar-refractivity contribution in [3.63, 3.8) is 0 Å². The van der Waals surface area contributed by atoms with Gasteiger partial charge < -0.3 is 10.6 Å². The normalized spacial score (nSPS) is 17.9. The van der Waals surface area contributed by atoms with Gasteiger partial charge in [0.25, 0.3) is 0 Å². The summed E-state index contributed by atoms with van der Waals surface area (Å²) in [6.45, 7) is 2.08. The molecule has 2 rings (SSSR count). The molecule has 4 nitrogen and oxygen atoms in total. The number of sulfone groups is 1. The molecule has 0 atom stereocenters. The lowest BCUT2D eigenvalue weighted by atomic mass is 10.1. The van der Waals surface area contributed by atoms with E-state index in [2.05, 4.69) is 10.6 Å². The molecule has 17 heavy (non-hydrogen) atoms. The van der Waals surface area contributed by atoms with Crippen molar-refractivity contribution in [2.45, 2.75) is 23.8 Å². The minimum absolute atomic E-state index is 0.369. The first kappa shape index (κ1) is 12.4. The molecule has 1 aliphatic heterocycles. The Bertz CT molecular complexity index is 462. The lowest BCUT2D eigenvalue weighted by Crippen LogP contribution is -2.35. The molecule has 0 radical (unpaired) electrons. The van der Waals surface area contributed by atoms with Crippen LogP contribution in [0.2, 0.25) is 0 Å². The summed E-state index contributed by atoms with van der Waals surface area (Å²) in [7, 11) is -3.09. The van der Waals surface area contributed by atoms with Crippen LogP contribution in [-0.2, 0) is 9.84 Å². The summed E-state index contributed by atoms with van der Waals surface area (Å²) in [6, 6.07) is 7.45. The fraction of sp³-hybridized carbons (Fsp3) is 0.500. The minimum Gasteiger partial charge on any atom is -0.382 e. The second-order valence-electron chi connectivity index (χ2n) is 4.47. The van der Waals surface area contributed by atoms with Crippen molar-refractivity contribution in [3.8, 4) is 0 Å². The van der Waals surface area contributed by atoms with Crippen molar-refractivity contribution in [2.75, 3.05) is 24.7 Å². The van der Waals surface area contributed by atoms with Gasteiger partial charge in [0.05, 0.1) is 4.90 Å². The maximum atomic E-state index is 11.3. The highest BCUT2D eigenvalue weighted by molar-refractivity contribution is 7.90. The van der Waals surface area contributed by atoms with E-state index in [0.717, 1.165) is 31.6 Å². The highest BCUT2D eigenvalue weighted by Gasteiger charge is 2.12. The predicted molar refractivity (Wildman–Crippen MR) is 69.1 cm³/mol. The Hall–Kier alpha value is -1.07. The summed E-state index contributed by atoms with van der Waals surface area (Å²) in [5.74, 6) is 0. The van der Waals surface area contributed by atoms with Gasteiger partial charge in [-0.2, -0.15) is 0 Å². The average molecular weight is 254 g/mol. The molecular formula is C12H18N2O2S. The van der Waals surface area contributed by atoms with Crippen LogP contribution in [0.4, 0.5) is 5.69 Å². The Morgan fingerprint density at radius 3 is 2.29 bits per heavy atom. The van der Waals surface area contributed by atoms with E-state index in [0.29, 0.717) is 10.9 Å². The molecule has 1 aromatic carbocycles. The van der Waals surface area contributed by atoms with Crippen LogP contribution >= 0.6 is 0 Å². The molecule has 1 heterocycles. The van der Waals surface area contributed by atoms with E-state index >= 15 is 0 Å². The van der Waals surface area contributed by atoms with E-state index in [1.165, 1.54) is 6.26 Å². The van der Waals surface area contributed by atoms with E-state index < -0.39 is 9.84 Å². The first-order valence-electron chi connectivity index (χ1n) is 5.83. The fourth-order valence-electron chi connectivity index (χ4n) is 2.00. The van der Waals surface area contributed by atoms with Gasteiger partial charge in [-0.15, -0.1) is 0 Å². The van der Waals surface area contributed by atoms with Gasteiger partial charge in [-0.1, -0.05) is 0 Å². The first-order valence-corrected chi connectivity index (χ1v) is 7.72. The summed E-state index contributed by atoms with van der Waals surface area (Å²) in [6.07, 6.45) is 3.43. The van der Waals surface area contributed by atoms with E-state index in [9.17, 15) is 8.42 Å². The second kappa shape index (κ2) is 5.06. The lowest BCUT2D eigenvalue weighted by molar-refractivity contribution is 0.479. The molecule has 0 amide bonds. The van der Waals surface area contributed by atoms with Crippen LogP contribution in [0, 0.1) is 0 Å². The van der Waals surface area contributed by atoms with Gasteiger partial charge in [-0.3, -0.25) is 0 Å². The van der Waals surface area contributed by atoms with Crippen molar-refractivity contribution in [1.82, 2.24) is 5.32 Å². The van der Waals surface area contributed by atoms with Crippen molar-refractivity contribution < 1.29 is 8.42 Å².